The Bertz CT molecular complexity index is 2820. The Kier molecular flexibility index (Phi) is 29.2. The van der Waals surface area contributed by atoms with E-state index in [0.717, 1.165) is 71.8 Å². The van der Waals surface area contributed by atoms with E-state index in [1.807, 2.05) is 117 Å². The van der Waals surface area contributed by atoms with Gasteiger partial charge < -0.3 is 50.1 Å². The molecule has 0 spiro atoms. The SMILES string of the molecule is COC(=O)C=C(C)c1ccc2cc(OC)ccc2c1.COC(=O)CP(=O)(OC)OC.COc1ccc2cc(C(C)=O)ccc2c1.COc1ccc2cc(C(C)CC(N)=O)ccc2c1.N.O.O=C(Cl)C(=O)Cl. The summed E-state index contributed by atoms with van der Waals surface area (Å²) in [5.74, 6) is 1.53. The number of nitrogens with two attached hydrogens (primary N) is 1. The van der Waals surface area contributed by atoms with Crippen molar-refractivity contribution < 1.29 is 71.5 Å². The number of benzene rings is 6. The Balaban J connectivity index is 0.000000891. The molecule has 384 valence electrons. The standard InChI is InChI=1S/C16H16O3.C15H17NO2.C13H12O2.C5H11O5P.C2Cl2O2.H3N.H2O/c1-11(8-16(17)19-3)12-4-5-14-10-15(18-2)7-6-13(14)9-12;1-10(7-15(16)17)11-3-4-13-9-14(18-2)6-5-12(13)8-11;1-9(14)10-3-4-12-8-13(15-2)6-5-11(12)7-10;1-8-5(6)4-11(7,9-2)10-3;3-1(5)2(4)6;;/h4-10H,1-3H3;3-6,8-10H,7H2,1-2H3,(H2,16,17);3-8H,1-2H3;4H2,1-3H3;;1H3;1H2. The molecule has 6 aromatic carbocycles. The molecule has 0 saturated carbocycles. The molecule has 0 heterocycles. The van der Waals surface area contributed by atoms with E-state index in [9.17, 15) is 33.3 Å². The van der Waals surface area contributed by atoms with Gasteiger partial charge in [-0.25, -0.2) is 4.79 Å². The smallest absolute Gasteiger partial charge is 0.341 e. The maximum absolute atomic E-state index is 11.2. The number of ketones is 1. The van der Waals surface area contributed by atoms with Crippen LogP contribution in [-0.2, 0) is 47.1 Å². The number of rotatable bonds is 14. The number of allylic oxidation sites excluding steroid dienone is 1. The molecule has 7 N–H and O–H groups in total. The predicted molar refractivity (Wildman–Crippen MR) is 278 cm³/mol. The Labute approximate surface area is 422 Å². The van der Waals surface area contributed by atoms with Gasteiger partial charge in [0.2, 0.25) is 5.91 Å². The number of ether oxygens (including phenoxy) is 5. The van der Waals surface area contributed by atoms with E-state index in [4.69, 9.17) is 19.9 Å². The summed E-state index contributed by atoms with van der Waals surface area (Å²) in [6, 6.07) is 35.6. The van der Waals surface area contributed by atoms with Crippen molar-refractivity contribution in [2.45, 2.75) is 33.1 Å². The first kappa shape index (κ1) is 64.3. The van der Waals surface area contributed by atoms with Crippen LogP contribution in [0.15, 0.2) is 115 Å². The number of halogens is 2. The van der Waals surface area contributed by atoms with Crippen molar-refractivity contribution in [1.29, 1.82) is 0 Å². The van der Waals surface area contributed by atoms with Crippen LogP contribution in [-0.4, -0.2) is 95.5 Å². The zero-order chi connectivity index (χ0) is 51.8. The van der Waals surface area contributed by atoms with Crippen LogP contribution < -0.4 is 26.1 Å². The molecule has 0 bridgehead atoms. The molecular formula is C51H61Cl2N2O15P. The summed E-state index contributed by atoms with van der Waals surface area (Å²) in [6.07, 6.45) is 1.52. The van der Waals surface area contributed by atoms with E-state index in [0.29, 0.717) is 6.42 Å². The van der Waals surface area contributed by atoms with Gasteiger partial charge in [0.1, 0.15) is 23.4 Å². The highest BCUT2D eigenvalue weighted by Gasteiger charge is 2.25. The van der Waals surface area contributed by atoms with Gasteiger partial charge in [-0.15, -0.1) is 0 Å². The molecule has 20 heteroatoms. The zero-order valence-electron chi connectivity index (χ0n) is 41.2. The van der Waals surface area contributed by atoms with Gasteiger partial charge in [-0.3, -0.25) is 28.5 Å². The molecule has 0 radical (unpaired) electrons. The number of carbonyl (C=O) groups is 6. The van der Waals surface area contributed by atoms with Crippen LogP contribution in [0.4, 0.5) is 0 Å². The van der Waals surface area contributed by atoms with Crippen LogP contribution >= 0.6 is 30.8 Å². The topological polar surface area (TPSA) is 277 Å². The first-order chi connectivity index (χ1) is 32.7. The number of amides is 1. The molecule has 1 atom stereocenters. The van der Waals surface area contributed by atoms with Crippen LogP contribution in [0, 0.1) is 0 Å². The third-order valence-electron chi connectivity index (χ3n) is 9.90. The molecule has 0 aliphatic heterocycles. The van der Waals surface area contributed by atoms with Crippen molar-refractivity contribution in [2.24, 2.45) is 5.73 Å². The molecule has 6 aromatic rings. The fraction of sp³-hybridized carbons (Fsp3) is 0.255. The summed E-state index contributed by atoms with van der Waals surface area (Å²) in [4.78, 5) is 62.8. The summed E-state index contributed by atoms with van der Waals surface area (Å²) in [6.45, 7) is 5.47. The first-order valence-electron chi connectivity index (χ1n) is 20.6. The molecular weight excluding hydrogens is 982 g/mol. The highest BCUT2D eigenvalue weighted by Crippen LogP contribution is 2.46. The van der Waals surface area contributed by atoms with E-state index in [1.165, 1.54) is 34.5 Å². The number of methoxy groups -OCH3 is 5. The minimum atomic E-state index is -3.23. The molecule has 0 fully saturated rings. The van der Waals surface area contributed by atoms with Crippen molar-refractivity contribution in [2.75, 3.05) is 55.9 Å². The van der Waals surface area contributed by atoms with Crippen LogP contribution in [0.1, 0.15) is 54.6 Å². The lowest BCUT2D eigenvalue weighted by molar-refractivity contribution is -0.138. The van der Waals surface area contributed by atoms with Gasteiger partial charge in [-0.1, -0.05) is 67.6 Å². The average Bonchev–Trinajstić information content (AvgIpc) is 3.35. The second-order valence-electron chi connectivity index (χ2n) is 14.6. The van der Waals surface area contributed by atoms with E-state index < -0.39 is 24.0 Å². The number of hydrogen-bond acceptors (Lipinski definition) is 15. The molecule has 71 heavy (non-hydrogen) atoms. The normalized spacial score (nSPS) is 10.7. The van der Waals surface area contributed by atoms with Gasteiger partial charge in [0, 0.05) is 32.3 Å². The summed E-state index contributed by atoms with van der Waals surface area (Å²) >= 11 is 8.98. The van der Waals surface area contributed by atoms with E-state index in [1.54, 1.807) is 28.3 Å². The maximum Gasteiger partial charge on any atom is 0.341 e. The molecule has 6 rings (SSSR count). The lowest BCUT2D eigenvalue weighted by Gasteiger charge is -2.11. The number of esters is 2. The molecule has 0 aliphatic rings. The van der Waals surface area contributed by atoms with E-state index in [2.05, 4.69) is 47.8 Å². The van der Waals surface area contributed by atoms with E-state index in [-0.39, 0.29) is 41.4 Å². The van der Waals surface area contributed by atoms with Gasteiger partial charge in [-0.05, 0) is 141 Å². The number of fused-ring (bicyclic) bond motifs is 3. The fourth-order valence-corrected chi connectivity index (χ4v) is 6.86. The van der Waals surface area contributed by atoms with Crippen LogP contribution in [0.5, 0.6) is 17.2 Å². The largest absolute Gasteiger partial charge is 0.497 e. The second-order valence-corrected chi connectivity index (χ2v) is 17.5. The van der Waals surface area contributed by atoms with Crippen LogP contribution in [0.25, 0.3) is 37.9 Å². The van der Waals surface area contributed by atoms with Gasteiger partial charge in [-0.2, -0.15) is 0 Å². The van der Waals surface area contributed by atoms with Gasteiger partial charge in [0.05, 0.1) is 35.5 Å². The monoisotopic (exact) mass is 1040 g/mol. The number of Topliss-reactive ketones (excluding diaryl/α,β-unsaturated/α-hetero) is 1. The average molecular weight is 1040 g/mol. The molecule has 0 aliphatic carbocycles. The van der Waals surface area contributed by atoms with Crippen molar-refractivity contribution in [3.8, 4) is 17.2 Å². The number of hydrogen-bond donors (Lipinski definition) is 2. The Morgan fingerprint density at radius 2 is 0.958 bits per heavy atom. The molecule has 1 amide bonds. The minimum absolute atomic E-state index is 0. The quantitative estimate of drug-likeness (QED) is 0.0256. The Morgan fingerprint density at radius 1 is 0.577 bits per heavy atom. The zero-order valence-corrected chi connectivity index (χ0v) is 43.6. The molecule has 0 aromatic heterocycles. The van der Waals surface area contributed by atoms with Gasteiger partial charge in [0.15, 0.2) is 5.78 Å². The number of carbonyl (C=O) groups excluding carboxylic acids is 6. The van der Waals surface area contributed by atoms with Crippen LogP contribution in [0.2, 0.25) is 0 Å². The second kappa shape index (κ2) is 32.2. The maximum atomic E-state index is 11.2. The summed E-state index contributed by atoms with van der Waals surface area (Å²) in [7, 11) is 6.74. The van der Waals surface area contributed by atoms with Crippen molar-refractivity contribution >= 4 is 103 Å². The summed E-state index contributed by atoms with van der Waals surface area (Å²) in [5.41, 5.74) is 8.98. The van der Waals surface area contributed by atoms with E-state index >= 15 is 0 Å². The molecule has 17 nitrogen and oxygen atoms in total. The number of primary amides is 1. The van der Waals surface area contributed by atoms with Crippen molar-refractivity contribution in [1.82, 2.24) is 6.15 Å². The Hall–Kier alpha value is -6.69. The molecule has 0 saturated heterocycles. The third-order valence-corrected chi connectivity index (χ3v) is 12.1. The lowest BCUT2D eigenvalue weighted by Crippen LogP contribution is -2.13. The highest BCUT2D eigenvalue weighted by atomic mass is 35.5. The van der Waals surface area contributed by atoms with Crippen molar-refractivity contribution in [3.63, 3.8) is 0 Å². The highest BCUT2D eigenvalue weighted by molar-refractivity contribution is 7.54. The van der Waals surface area contributed by atoms with Gasteiger partial charge in [0.25, 0.3) is 0 Å². The Morgan fingerprint density at radius 3 is 1.32 bits per heavy atom. The fourth-order valence-electron chi connectivity index (χ4n) is 6.01. The summed E-state index contributed by atoms with van der Waals surface area (Å²) in [5, 5.41) is 4.34. The first-order valence-corrected chi connectivity index (χ1v) is 23.1. The summed E-state index contributed by atoms with van der Waals surface area (Å²) < 4.78 is 44.6. The minimum Gasteiger partial charge on any atom is -0.497 e. The predicted octanol–water partition coefficient (Wildman–Crippen LogP) is 9.80. The van der Waals surface area contributed by atoms with Crippen molar-refractivity contribution in [3.05, 3.63) is 132 Å². The lowest BCUT2D eigenvalue weighted by atomic mass is 9.95. The molecule has 1 unspecified atom stereocenters. The third kappa shape index (κ3) is 21.9. The van der Waals surface area contributed by atoms with Crippen LogP contribution in [0.3, 0.4) is 0 Å². The van der Waals surface area contributed by atoms with Gasteiger partial charge >= 0.3 is 30.0 Å².